The zero-order chi connectivity index (χ0) is 24.6. The fraction of sp³-hybridized carbons (Fsp3) is 0.276. The number of carbonyl (C=O) groups is 2. The topological polar surface area (TPSA) is 86.9 Å². The number of hydrogen-bond donors (Lipinski definition) is 3. The maximum Gasteiger partial charge on any atom is 0.251 e. The molecule has 35 heavy (non-hydrogen) atoms. The summed E-state index contributed by atoms with van der Waals surface area (Å²) in [5.41, 5.74) is 5.60. The van der Waals surface area contributed by atoms with Crippen LogP contribution >= 0.6 is 0 Å². The van der Waals surface area contributed by atoms with Gasteiger partial charge in [-0.05, 0) is 67.6 Å². The number of anilines is 1. The molecule has 1 atom stereocenters. The maximum absolute atomic E-state index is 12.8. The SMILES string of the molecule is CCC(=O)Nc1ccc(CCc2nc3ccc(C(=O)NC(C)CCc4ccccc4)cc3[nH]2)cc1. The molecule has 0 fully saturated rings. The number of nitrogens with one attached hydrogen (secondary N) is 3. The van der Waals surface area contributed by atoms with E-state index < -0.39 is 0 Å². The molecular weight excluding hydrogens is 436 g/mol. The van der Waals surface area contributed by atoms with Crippen LogP contribution in [0.4, 0.5) is 5.69 Å². The number of nitrogens with zero attached hydrogens (tertiary/aromatic N) is 1. The number of hydrogen-bond acceptors (Lipinski definition) is 3. The van der Waals surface area contributed by atoms with Gasteiger partial charge in [0.15, 0.2) is 0 Å². The van der Waals surface area contributed by atoms with E-state index >= 15 is 0 Å². The molecule has 0 saturated carbocycles. The molecule has 1 heterocycles. The van der Waals surface area contributed by atoms with Crippen LogP contribution < -0.4 is 10.6 Å². The summed E-state index contributed by atoms with van der Waals surface area (Å²) in [5, 5.41) is 5.97. The molecule has 1 unspecified atom stereocenters. The third-order valence-corrected chi connectivity index (χ3v) is 6.09. The van der Waals surface area contributed by atoms with Gasteiger partial charge in [-0.25, -0.2) is 4.98 Å². The zero-order valence-electron chi connectivity index (χ0n) is 20.3. The lowest BCUT2D eigenvalue weighted by Crippen LogP contribution is -2.32. The van der Waals surface area contributed by atoms with E-state index in [0.29, 0.717) is 12.0 Å². The second-order valence-electron chi connectivity index (χ2n) is 8.91. The van der Waals surface area contributed by atoms with Gasteiger partial charge < -0.3 is 15.6 Å². The second kappa shape index (κ2) is 11.5. The van der Waals surface area contributed by atoms with Crippen molar-refractivity contribution < 1.29 is 9.59 Å². The quantitative estimate of drug-likeness (QED) is 0.289. The highest BCUT2D eigenvalue weighted by atomic mass is 16.2. The Hall–Kier alpha value is -3.93. The van der Waals surface area contributed by atoms with Crippen molar-refractivity contribution in [3.05, 3.63) is 95.3 Å². The summed E-state index contributed by atoms with van der Waals surface area (Å²) in [7, 11) is 0. The van der Waals surface area contributed by atoms with E-state index in [0.717, 1.165) is 48.2 Å². The van der Waals surface area contributed by atoms with E-state index in [4.69, 9.17) is 0 Å². The lowest BCUT2D eigenvalue weighted by Gasteiger charge is -2.14. The molecule has 6 heteroatoms. The highest BCUT2D eigenvalue weighted by molar-refractivity contribution is 5.97. The van der Waals surface area contributed by atoms with Crippen molar-refractivity contribution in [2.75, 3.05) is 5.32 Å². The fourth-order valence-electron chi connectivity index (χ4n) is 4.00. The molecule has 180 valence electrons. The summed E-state index contributed by atoms with van der Waals surface area (Å²) >= 11 is 0. The minimum absolute atomic E-state index is 0.00900. The molecule has 2 amide bonds. The average molecular weight is 469 g/mol. The highest BCUT2D eigenvalue weighted by Crippen LogP contribution is 2.17. The number of aromatic nitrogens is 2. The number of aromatic amines is 1. The van der Waals surface area contributed by atoms with Crippen LogP contribution in [0.15, 0.2) is 72.8 Å². The first-order valence-corrected chi connectivity index (χ1v) is 12.2. The van der Waals surface area contributed by atoms with Gasteiger partial charge in [-0.1, -0.05) is 49.4 Å². The Morgan fingerprint density at radius 2 is 1.66 bits per heavy atom. The Balaban J connectivity index is 1.32. The van der Waals surface area contributed by atoms with Crippen molar-refractivity contribution in [2.24, 2.45) is 0 Å². The Morgan fingerprint density at radius 1 is 0.914 bits per heavy atom. The first kappa shape index (κ1) is 24.2. The molecule has 1 aromatic heterocycles. The van der Waals surface area contributed by atoms with Crippen LogP contribution in [0.1, 0.15) is 54.0 Å². The fourth-order valence-corrected chi connectivity index (χ4v) is 4.00. The number of rotatable bonds is 10. The van der Waals surface area contributed by atoms with E-state index in [1.54, 1.807) is 0 Å². The lowest BCUT2D eigenvalue weighted by molar-refractivity contribution is -0.115. The van der Waals surface area contributed by atoms with E-state index in [-0.39, 0.29) is 17.9 Å². The molecule has 0 aliphatic heterocycles. The third kappa shape index (κ3) is 6.79. The first-order valence-electron chi connectivity index (χ1n) is 12.2. The van der Waals surface area contributed by atoms with Crippen LogP contribution in [-0.4, -0.2) is 27.8 Å². The van der Waals surface area contributed by atoms with Gasteiger partial charge in [0.25, 0.3) is 5.91 Å². The van der Waals surface area contributed by atoms with Crippen LogP contribution in [0, 0.1) is 0 Å². The van der Waals surface area contributed by atoms with Crippen LogP contribution in [0.3, 0.4) is 0 Å². The summed E-state index contributed by atoms with van der Waals surface area (Å²) in [6.07, 6.45) is 3.87. The summed E-state index contributed by atoms with van der Waals surface area (Å²) in [4.78, 5) is 32.3. The van der Waals surface area contributed by atoms with E-state index in [1.165, 1.54) is 11.1 Å². The number of H-pyrrole nitrogens is 1. The van der Waals surface area contributed by atoms with Crippen LogP contribution in [0.25, 0.3) is 11.0 Å². The van der Waals surface area contributed by atoms with Gasteiger partial charge in [0.2, 0.25) is 5.91 Å². The molecule has 4 aromatic rings. The molecular formula is C29H32N4O2. The van der Waals surface area contributed by atoms with E-state index in [2.05, 4.69) is 32.7 Å². The van der Waals surface area contributed by atoms with Crippen molar-refractivity contribution in [3.8, 4) is 0 Å². The van der Waals surface area contributed by atoms with Crippen molar-refractivity contribution in [1.29, 1.82) is 0 Å². The van der Waals surface area contributed by atoms with Crippen molar-refractivity contribution in [1.82, 2.24) is 15.3 Å². The average Bonchev–Trinajstić information content (AvgIpc) is 3.30. The van der Waals surface area contributed by atoms with Crippen molar-refractivity contribution in [2.45, 2.75) is 52.0 Å². The van der Waals surface area contributed by atoms with Crippen molar-refractivity contribution in [3.63, 3.8) is 0 Å². The molecule has 0 spiro atoms. The number of aryl methyl sites for hydroxylation is 3. The molecule has 0 radical (unpaired) electrons. The monoisotopic (exact) mass is 468 g/mol. The van der Waals surface area contributed by atoms with Crippen LogP contribution in [0.2, 0.25) is 0 Å². The predicted octanol–water partition coefficient (Wildman–Crippen LogP) is 5.45. The van der Waals surface area contributed by atoms with Gasteiger partial charge in [-0.3, -0.25) is 9.59 Å². The van der Waals surface area contributed by atoms with Gasteiger partial charge in [0.05, 0.1) is 11.0 Å². The van der Waals surface area contributed by atoms with Crippen LogP contribution in [-0.2, 0) is 24.1 Å². The number of fused-ring (bicyclic) bond motifs is 1. The number of benzene rings is 3. The van der Waals surface area contributed by atoms with Gasteiger partial charge in [-0.15, -0.1) is 0 Å². The largest absolute Gasteiger partial charge is 0.350 e. The van der Waals surface area contributed by atoms with Gasteiger partial charge in [0, 0.05) is 30.1 Å². The number of carbonyl (C=O) groups excluding carboxylic acids is 2. The Morgan fingerprint density at radius 3 is 2.40 bits per heavy atom. The standard InChI is InChI=1S/C29H32N4O2/c1-3-28(34)31-24-15-11-22(12-16-24)13-18-27-32-25-17-14-23(19-26(25)33-27)29(35)30-20(2)9-10-21-7-5-4-6-8-21/h4-8,11-12,14-17,19-20H,3,9-10,13,18H2,1-2H3,(H,30,35)(H,31,34)(H,32,33). The number of amides is 2. The summed E-state index contributed by atoms with van der Waals surface area (Å²) in [5.74, 6) is 0.825. The smallest absolute Gasteiger partial charge is 0.251 e. The van der Waals surface area contributed by atoms with E-state index in [1.807, 2.05) is 74.5 Å². The molecule has 0 saturated heterocycles. The summed E-state index contributed by atoms with van der Waals surface area (Å²) in [6.45, 7) is 3.87. The predicted molar refractivity (Wildman–Crippen MR) is 141 cm³/mol. The molecule has 6 nitrogen and oxygen atoms in total. The molecule has 3 N–H and O–H groups in total. The van der Waals surface area contributed by atoms with Crippen LogP contribution in [0.5, 0.6) is 0 Å². The Bertz CT molecular complexity index is 1280. The van der Waals surface area contributed by atoms with Gasteiger partial charge in [-0.2, -0.15) is 0 Å². The van der Waals surface area contributed by atoms with E-state index in [9.17, 15) is 9.59 Å². The van der Waals surface area contributed by atoms with Gasteiger partial charge >= 0.3 is 0 Å². The number of imidazole rings is 1. The molecule has 4 rings (SSSR count). The minimum atomic E-state index is -0.0705. The normalized spacial score (nSPS) is 11.8. The summed E-state index contributed by atoms with van der Waals surface area (Å²) in [6, 6.07) is 23.9. The minimum Gasteiger partial charge on any atom is -0.350 e. The van der Waals surface area contributed by atoms with Gasteiger partial charge in [0.1, 0.15) is 5.82 Å². The maximum atomic E-state index is 12.8. The Labute approximate surface area is 206 Å². The second-order valence-corrected chi connectivity index (χ2v) is 8.91. The first-order chi connectivity index (χ1) is 17.0. The Kier molecular flexibility index (Phi) is 7.93. The summed E-state index contributed by atoms with van der Waals surface area (Å²) < 4.78 is 0. The molecule has 0 aliphatic rings. The molecule has 0 bridgehead atoms. The zero-order valence-corrected chi connectivity index (χ0v) is 20.3. The molecule has 0 aliphatic carbocycles. The molecule has 3 aromatic carbocycles. The third-order valence-electron chi connectivity index (χ3n) is 6.09. The lowest BCUT2D eigenvalue weighted by atomic mass is 10.1. The van der Waals surface area contributed by atoms with Crippen molar-refractivity contribution >= 4 is 28.5 Å². The highest BCUT2D eigenvalue weighted by Gasteiger charge is 2.12.